The van der Waals surface area contributed by atoms with E-state index in [4.69, 9.17) is 9.47 Å². The Morgan fingerprint density at radius 2 is 2.15 bits per heavy atom. The van der Waals surface area contributed by atoms with E-state index in [0.717, 1.165) is 25.9 Å². The van der Waals surface area contributed by atoms with Gasteiger partial charge >= 0.3 is 0 Å². The first-order chi connectivity index (χ1) is 9.75. The molecule has 108 valence electrons. The molecule has 20 heavy (non-hydrogen) atoms. The summed E-state index contributed by atoms with van der Waals surface area (Å²) < 4.78 is 11.4. The van der Waals surface area contributed by atoms with Gasteiger partial charge in [0.1, 0.15) is 6.61 Å². The van der Waals surface area contributed by atoms with E-state index < -0.39 is 6.10 Å². The van der Waals surface area contributed by atoms with Gasteiger partial charge in [0.2, 0.25) is 6.10 Å². The minimum Gasteiger partial charge on any atom is -0.485 e. The molecular formula is C15H20N2O3. The summed E-state index contributed by atoms with van der Waals surface area (Å²) in [5.74, 6) is 1.35. The molecule has 1 amide bonds. The van der Waals surface area contributed by atoms with Crippen LogP contribution in [0.15, 0.2) is 24.3 Å². The molecule has 0 saturated carbocycles. The maximum Gasteiger partial charge on any atom is 0.267 e. The standard InChI is InChI=1S/C15H20N2O3/c1-17(11-5-4-8-16-9-11)15(18)14-10-19-12-6-2-3-7-13(12)20-14/h2-3,6-7,11,14,16H,4-5,8-10H2,1H3/t11-,14?/m1/s1. The molecule has 3 rings (SSSR count). The zero-order chi connectivity index (χ0) is 13.9. The number of carbonyl (C=O) groups is 1. The zero-order valence-electron chi connectivity index (χ0n) is 11.7. The lowest BCUT2D eigenvalue weighted by Crippen LogP contribution is -2.52. The zero-order valence-corrected chi connectivity index (χ0v) is 11.7. The number of fused-ring (bicyclic) bond motifs is 1. The summed E-state index contributed by atoms with van der Waals surface area (Å²) in [6.07, 6.45) is 1.60. The van der Waals surface area contributed by atoms with E-state index >= 15 is 0 Å². The fourth-order valence-electron chi connectivity index (χ4n) is 2.71. The molecular weight excluding hydrogens is 256 g/mol. The molecule has 1 aromatic carbocycles. The molecule has 1 aromatic rings. The summed E-state index contributed by atoms with van der Waals surface area (Å²) in [4.78, 5) is 14.3. The van der Waals surface area contributed by atoms with Crippen LogP contribution in [0.1, 0.15) is 12.8 Å². The third kappa shape index (κ3) is 2.58. The second-order valence-corrected chi connectivity index (χ2v) is 5.31. The van der Waals surface area contributed by atoms with Crippen LogP contribution in [-0.2, 0) is 4.79 Å². The van der Waals surface area contributed by atoms with Crippen LogP contribution in [0.3, 0.4) is 0 Å². The third-order valence-electron chi connectivity index (χ3n) is 3.95. The molecule has 0 aliphatic carbocycles. The molecule has 1 N–H and O–H groups in total. The summed E-state index contributed by atoms with van der Waals surface area (Å²) in [6.45, 7) is 2.17. The SMILES string of the molecule is CN(C(=O)C1COc2ccccc2O1)[C@@H]1CCCNC1. The molecule has 0 aromatic heterocycles. The molecule has 5 nitrogen and oxygen atoms in total. The molecule has 2 aliphatic heterocycles. The van der Waals surface area contributed by atoms with Crippen LogP contribution in [0, 0.1) is 0 Å². The Morgan fingerprint density at radius 1 is 1.35 bits per heavy atom. The summed E-state index contributed by atoms with van der Waals surface area (Å²) in [7, 11) is 1.85. The van der Waals surface area contributed by atoms with Crippen LogP contribution < -0.4 is 14.8 Å². The van der Waals surface area contributed by atoms with Gasteiger partial charge in [-0.05, 0) is 31.5 Å². The highest BCUT2D eigenvalue weighted by atomic mass is 16.6. The summed E-state index contributed by atoms with van der Waals surface area (Å²) >= 11 is 0. The highest BCUT2D eigenvalue weighted by Gasteiger charge is 2.32. The number of amides is 1. The number of hydrogen-bond acceptors (Lipinski definition) is 4. The lowest BCUT2D eigenvalue weighted by molar-refractivity contribution is -0.142. The van der Waals surface area contributed by atoms with Crippen molar-refractivity contribution >= 4 is 5.91 Å². The van der Waals surface area contributed by atoms with Gasteiger partial charge in [-0.15, -0.1) is 0 Å². The van der Waals surface area contributed by atoms with Crippen molar-refractivity contribution in [3.8, 4) is 11.5 Å². The molecule has 1 saturated heterocycles. The summed E-state index contributed by atoms with van der Waals surface area (Å²) in [5, 5.41) is 3.32. The van der Waals surface area contributed by atoms with Gasteiger partial charge in [0.25, 0.3) is 5.91 Å². The van der Waals surface area contributed by atoms with Crippen LogP contribution in [0.2, 0.25) is 0 Å². The normalized spacial score (nSPS) is 25.1. The number of rotatable bonds is 2. The number of nitrogens with zero attached hydrogens (tertiary/aromatic N) is 1. The Balaban J connectivity index is 1.66. The lowest BCUT2D eigenvalue weighted by atomic mass is 10.1. The highest BCUT2D eigenvalue weighted by molar-refractivity contribution is 5.82. The van der Waals surface area contributed by atoms with E-state index in [1.165, 1.54) is 0 Å². The number of nitrogens with one attached hydrogen (secondary N) is 1. The molecule has 2 heterocycles. The minimum absolute atomic E-state index is 0.00629. The van der Waals surface area contributed by atoms with Gasteiger partial charge in [-0.25, -0.2) is 0 Å². The Kier molecular flexibility index (Phi) is 3.78. The predicted molar refractivity (Wildman–Crippen MR) is 75.0 cm³/mol. The topological polar surface area (TPSA) is 50.8 Å². The fourth-order valence-corrected chi connectivity index (χ4v) is 2.71. The Labute approximate surface area is 118 Å². The molecule has 1 unspecified atom stereocenters. The Bertz CT molecular complexity index is 486. The maximum atomic E-state index is 12.5. The second-order valence-electron chi connectivity index (χ2n) is 5.31. The van der Waals surface area contributed by atoms with Crippen molar-refractivity contribution in [2.45, 2.75) is 25.0 Å². The first kappa shape index (κ1) is 13.2. The first-order valence-corrected chi connectivity index (χ1v) is 7.11. The van der Waals surface area contributed by atoms with Crippen molar-refractivity contribution in [2.75, 3.05) is 26.7 Å². The first-order valence-electron chi connectivity index (χ1n) is 7.11. The number of carbonyl (C=O) groups excluding carboxylic acids is 1. The van der Waals surface area contributed by atoms with Crippen LogP contribution in [0.5, 0.6) is 11.5 Å². The number of ether oxygens (including phenoxy) is 2. The number of benzene rings is 1. The van der Waals surface area contributed by atoms with Crippen molar-refractivity contribution in [3.05, 3.63) is 24.3 Å². The molecule has 1 fully saturated rings. The quantitative estimate of drug-likeness (QED) is 0.877. The van der Waals surface area contributed by atoms with E-state index in [-0.39, 0.29) is 18.6 Å². The van der Waals surface area contributed by atoms with Crippen LogP contribution in [-0.4, -0.2) is 49.7 Å². The largest absolute Gasteiger partial charge is 0.485 e. The van der Waals surface area contributed by atoms with Gasteiger partial charge in [-0.3, -0.25) is 4.79 Å². The minimum atomic E-state index is -0.545. The van der Waals surface area contributed by atoms with Gasteiger partial charge in [0.15, 0.2) is 11.5 Å². The summed E-state index contributed by atoms with van der Waals surface area (Å²) in [5.41, 5.74) is 0. The van der Waals surface area contributed by atoms with Crippen molar-refractivity contribution < 1.29 is 14.3 Å². The number of piperidine rings is 1. The van der Waals surface area contributed by atoms with E-state index in [2.05, 4.69) is 5.32 Å². The average molecular weight is 276 g/mol. The van der Waals surface area contributed by atoms with Gasteiger partial charge in [0, 0.05) is 19.6 Å². The van der Waals surface area contributed by atoms with E-state index in [1.807, 2.05) is 31.3 Å². The number of para-hydroxylation sites is 2. The van der Waals surface area contributed by atoms with Gasteiger partial charge in [-0.2, -0.15) is 0 Å². The van der Waals surface area contributed by atoms with Crippen LogP contribution >= 0.6 is 0 Å². The van der Waals surface area contributed by atoms with Crippen LogP contribution in [0.25, 0.3) is 0 Å². The van der Waals surface area contributed by atoms with Crippen molar-refractivity contribution in [1.29, 1.82) is 0 Å². The molecule has 2 atom stereocenters. The average Bonchev–Trinajstić information content (AvgIpc) is 2.54. The predicted octanol–water partition coefficient (Wildman–Crippen LogP) is 1.04. The summed E-state index contributed by atoms with van der Waals surface area (Å²) in [6, 6.07) is 7.70. The molecule has 0 spiro atoms. The third-order valence-corrected chi connectivity index (χ3v) is 3.95. The fraction of sp³-hybridized carbons (Fsp3) is 0.533. The Hall–Kier alpha value is -1.75. The monoisotopic (exact) mass is 276 g/mol. The van der Waals surface area contributed by atoms with Crippen molar-refractivity contribution in [1.82, 2.24) is 10.2 Å². The van der Waals surface area contributed by atoms with Gasteiger partial charge in [0.05, 0.1) is 0 Å². The molecule has 2 aliphatic rings. The maximum absolute atomic E-state index is 12.5. The van der Waals surface area contributed by atoms with E-state index in [0.29, 0.717) is 11.5 Å². The van der Waals surface area contributed by atoms with E-state index in [1.54, 1.807) is 4.90 Å². The highest BCUT2D eigenvalue weighted by Crippen LogP contribution is 2.31. The van der Waals surface area contributed by atoms with Crippen LogP contribution in [0.4, 0.5) is 0 Å². The van der Waals surface area contributed by atoms with E-state index in [9.17, 15) is 4.79 Å². The number of hydrogen-bond donors (Lipinski definition) is 1. The second kappa shape index (κ2) is 5.71. The van der Waals surface area contributed by atoms with Gasteiger partial charge < -0.3 is 19.7 Å². The molecule has 0 bridgehead atoms. The molecule has 0 radical (unpaired) electrons. The number of likely N-dealkylation sites (N-methyl/N-ethyl adjacent to an activating group) is 1. The van der Waals surface area contributed by atoms with Crippen molar-refractivity contribution in [3.63, 3.8) is 0 Å². The Morgan fingerprint density at radius 3 is 2.90 bits per heavy atom. The van der Waals surface area contributed by atoms with Gasteiger partial charge in [-0.1, -0.05) is 12.1 Å². The lowest BCUT2D eigenvalue weighted by Gasteiger charge is -2.35. The molecule has 5 heteroatoms. The smallest absolute Gasteiger partial charge is 0.267 e. The van der Waals surface area contributed by atoms with Crippen molar-refractivity contribution in [2.24, 2.45) is 0 Å².